The van der Waals surface area contributed by atoms with Crippen LogP contribution in [0.25, 0.3) is 0 Å². The molecule has 0 unspecified atom stereocenters. The second kappa shape index (κ2) is 6.80. The molecule has 0 aliphatic heterocycles. The van der Waals surface area contributed by atoms with Gasteiger partial charge in [-0.3, -0.25) is 9.59 Å². The fourth-order valence-electron chi connectivity index (χ4n) is 1.26. The molecular formula is C11H15ClN4O2. The molecule has 0 atom stereocenters. The van der Waals surface area contributed by atoms with Gasteiger partial charge in [-0.1, -0.05) is 11.6 Å². The van der Waals surface area contributed by atoms with Crippen LogP contribution in [0.5, 0.6) is 0 Å². The van der Waals surface area contributed by atoms with Crippen molar-refractivity contribution < 1.29 is 9.59 Å². The number of carbonyl (C=O) groups is 2. The van der Waals surface area contributed by atoms with Gasteiger partial charge >= 0.3 is 0 Å². The molecule has 0 aliphatic rings. The molecule has 98 valence electrons. The Balaban J connectivity index is 2.51. The van der Waals surface area contributed by atoms with Gasteiger partial charge in [0.2, 0.25) is 5.91 Å². The third-order valence-electron chi connectivity index (χ3n) is 2.12. The van der Waals surface area contributed by atoms with Crippen molar-refractivity contribution in [1.29, 1.82) is 0 Å². The number of halogens is 1. The molecule has 0 fully saturated rings. The standard InChI is InChI=1S/C11H15ClN4O2/c1-7(17)14-3-4-15-11(18)8-5-9(12)10(13-2)16-6-8/h5-6H,3-4H2,1-2H3,(H,13,16)(H,14,17)(H,15,18). The van der Waals surface area contributed by atoms with Crippen molar-refractivity contribution in [3.05, 3.63) is 22.8 Å². The summed E-state index contributed by atoms with van der Waals surface area (Å²) in [5.41, 5.74) is 0.377. The maximum absolute atomic E-state index is 11.7. The van der Waals surface area contributed by atoms with E-state index in [9.17, 15) is 9.59 Å². The number of anilines is 1. The predicted octanol–water partition coefficient (Wildman–Crippen LogP) is 0.643. The Kier molecular flexibility index (Phi) is 5.38. The Bertz CT molecular complexity index is 451. The molecule has 3 N–H and O–H groups in total. The molecule has 1 rings (SSSR count). The summed E-state index contributed by atoms with van der Waals surface area (Å²) in [6, 6.07) is 1.54. The highest BCUT2D eigenvalue weighted by molar-refractivity contribution is 6.33. The van der Waals surface area contributed by atoms with E-state index in [1.54, 1.807) is 7.05 Å². The Morgan fingerprint density at radius 2 is 2.00 bits per heavy atom. The van der Waals surface area contributed by atoms with Crippen molar-refractivity contribution in [2.45, 2.75) is 6.92 Å². The van der Waals surface area contributed by atoms with Gasteiger partial charge in [0.25, 0.3) is 5.91 Å². The van der Waals surface area contributed by atoms with Crippen LogP contribution in [0.1, 0.15) is 17.3 Å². The Labute approximate surface area is 110 Å². The lowest BCUT2D eigenvalue weighted by molar-refractivity contribution is -0.118. The Morgan fingerprint density at radius 1 is 1.33 bits per heavy atom. The second-order valence-electron chi connectivity index (χ2n) is 3.54. The summed E-state index contributed by atoms with van der Waals surface area (Å²) in [5.74, 6) is 0.108. The summed E-state index contributed by atoms with van der Waals surface area (Å²) in [4.78, 5) is 26.3. The lowest BCUT2D eigenvalue weighted by atomic mass is 10.2. The fraction of sp³-hybridized carbons (Fsp3) is 0.364. The number of pyridine rings is 1. The first-order chi connectivity index (χ1) is 8.54. The number of hydrogen-bond acceptors (Lipinski definition) is 4. The molecule has 0 bridgehead atoms. The number of nitrogens with zero attached hydrogens (tertiary/aromatic N) is 1. The minimum Gasteiger partial charge on any atom is -0.372 e. The van der Waals surface area contributed by atoms with Crippen LogP contribution in [0.2, 0.25) is 5.02 Å². The highest BCUT2D eigenvalue weighted by Crippen LogP contribution is 2.19. The SMILES string of the molecule is CNc1ncc(C(=O)NCCNC(C)=O)cc1Cl. The number of carbonyl (C=O) groups excluding carboxylic acids is 2. The molecule has 0 aromatic carbocycles. The van der Waals surface area contributed by atoms with Crippen LogP contribution in [0.3, 0.4) is 0 Å². The summed E-state index contributed by atoms with van der Waals surface area (Å²) in [7, 11) is 1.70. The summed E-state index contributed by atoms with van der Waals surface area (Å²) < 4.78 is 0. The van der Waals surface area contributed by atoms with E-state index in [0.717, 1.165) is 0 Å². The summed E-state index contributed by atoms with van der Waals surface area (Å²) in [6.45, 7) is 2.16. The predicted molar refractivity (Wildman–Crippen MR) is 69.8 cm³/mol. The number of amides is 2. The lowest BCUT2D eigenvalue weighted by Gasteiger charge is -2.07. The highest BCUT2D eigenvalue weighted by atomic mass is 35.5. The molecule has 0 aliphatic carbocycles. The van der Waals surface area contributed by atoms with E-state index in [2.05, 4.69) is 20.9 Å². The number of hydrogen-bond donors (Lipinski definition) is 3. The fourth-order valence-corrected chi connectivity index (χ4v) is 1.52. The molecule has 7 heteroatoms. The number of aromatic nitrogens is 1. The van der Waals surface area contributed by atoms with Crippen molar-refractivity contribution in [2.24, 2.45) is 0 Å². The topological polar surface area (TPSA) is 83.1 Å². The van der Waals surface area contributed by atoms with E-state index >= 15 is 0 Å². The normalized spacial score (nSPS) is 9.72. The van der Waals surface area contributed by atoms with Gasteiger partial charge in [-0.05, 0) is 6.07 Å². The van der Waals surface area contributed by atoms with Gasteiger partial charge < -0.3 is 16.0 Å². The first-order valence-corrected chi connectivity index (χ1v) is 5.78. The first kappa shape index (κ1) is 14.2. The summed E-state index contributed by atoms with van der Waals surface area (Å²) in [5, 5.41) is 8.41. The Morgan fingerprint density at radius 3 is 2.56 bits per heavy atom. The highest BCUT2D eigenvalue weighted by Gasteiger charge is 2.08. The molecule has 18 heavy (non-hydrogen) atoms. The molecule has 1 aromatic heterocycles. The average Bonchev–Trinajstić information content (AvgIpc) is 2.34. The maximum Gasteiger partial charge on any atom is 0.252 e. The quantitative estimate of drug-likeness (QED) is 0.686. The van der Waals surface area contributed by atoms with Crippen LogP contribution in [0.4, 0.5) is 5.82 Å². The van der Waals surface area contributed by atoms with E-state index in [1.165, 1.54) is 19.2 Å². The van der Waals surface area contributed by atoms with Gasteiger partial charge in [-0.2, -0.15) is 0 Å². The van der Waals surface area contributed by atoms with Crippen molar-refractivity contribution in [1.82, 2.24) is 15.6 Å². The van der Waals surface area contributed by atoms with E-state index in [1.807, 2.05) is 0 Å². The van der Waals surface area contributed by atoms with Crippen LogP contribution in [0.15, 0.2) is 12.3 Å². The van der Waals surface area contributed by atoms with Gasteiger partial charge in [-0.15, -0.1) is 0 Å². The monoisotopic (exact) mass is 270 g/mol. The van der Waals surface area contributed by atoms with Crippen molar-refractivity contribution in [3.8, 4) is 0 Å². The van der Waals surface area contributed by atoms with Gasteiger partial charge in [-0.25, -0.2) is 4.98 Å². The van der Waals surface area contributed by atoms with Crippen molar-refractivity contribution in [2.75, 3.05) is 25.5 Å². The zero-order valence-electron chi connectivity index (χ0n) is 10.2. The molecule has 2 amide bonds. The van der Waals surface area contributed by atoms with E-state index in [0.29, 0.717) is 29.5 Å². The van der Waals surface area contributed by atoms with Crippen molar-refractivity contribution in [3.63, 3.8) is 0 Å². The maximum atomic E-state index is 11.7. The average molecular weight is 271 g/mol. The minimum atomic E-state index is -0.280. The van der Waals surface area contributed by atoms with Crippen LogP contribution in [-0.2, 0) is 4.79 Å². The molecule has 0 radical (unpaired) electrons. The van der Waals surface area contributed by atoms with Crippen LogP contribution < -0.4 is 16.0 Å². The van der Waals surface area contributed by atoms with Gasteiger partial charge in [0.1, 0.15) is 5.82 Å². The smallest absolute Gasteiger partial charge is 0.252 e. The largest absolute Gasteiger partial charge is 0.372 e. The molecule has 1 aromatic rings. The second-order valence-corrected chi connectivity index (χ2v) is 3.95. The van der Waals surface area contributed by atoms with Crippen LogP contribution in [0, 0.1) is 0 Å². The third-order valence-corrected chi connectivity index (χ3v) is 2.41. The molecule has 0 saturated heterocycles. The molecule has 6 nitrogen and oxygen atoms in total. The van der Waals surface area contributed by atoms with Gasteiger partial charge in [0.15, 0.2) is 0 Å². The van der Waals surface area contributed by atoms with E-state index < -0.39 is 0 Å². The van der Waals surface area contributed by atoms with E-state index in [-0.39, 0.29) is 11.8 Å². The summed E-state index contributed by atoms with van der Waals surface area (Å²) in [6.07, 6.45) is 1.44. The van der Waals surface area contributed by atoms with Crippen LogP contribution in [-0.4, -0.2) is 36.9 Å². The van der Waals surface area contributed by atoms with Crippen LogP contribution >= 0.6 is 11.6 Å². The van der Waals surface area contributed by atoms with Crippen molar-refractivity contribution >= 4 is 29.2 Å². The molecule has 0 spiro atoms. The van der Waals surface area contributed by atoms with Gasteiger partial charge in [0, 0.05) is 33.3 Å². The minimum absolute atomic E-state index is 0.132. The lowest BCUT2D eigenvalue weighted by Crippen LogP contribution is -2.33. The molecule has 0 saturated carbocycles. The first-order valence-electron chi connectivity index (χ1n) is 5.40. The molecule has 1 heterocycles. The Hall–Kier alpha value is -1.82. The van der Waals surface area contributed by atoms with Gasteiger partial charge in [0.05, 0.1) is 10.6 Å². The third kappa shape index (κ3) is 4.21. The number of nitrogens with one attached hydrogen (secondary N) is 3. The summed E-state index contributed by atoms with van der Waals surface area (Å²) >= 11 is 5.91. The van der Waals surface area contributed by atoms with E-state index in [4.69, 9.17) is 11.6 Å². The zero-order valence-corrected chi connectivity index (χ0v) is 11.0. The molecular weight excluding hydrogens is 256 g/mol. The number of rotatable bonds is 5. The zero-order chi connectivity index (χ0) is 13.5.